The van der Waals surface area contributed by atoms with Gasteiger partial charge in [-0.15, -0.1) is 0 Å². The van der Waals surface area contributed by atoms with E-state index < -0.39 is 23.8 Å². The van der Waals surface area contributed by atoms with Crippen LogP contribution in [0.25, 0.3) is 55.7 Å². The zero-order valence-corrected chi connectivity index (χ0v) is 54.8. The second kappa shape index (κ2) is 31.3. The number of hydrogen-bond acceptors (Lipinski definition) is 9. The number of carbonyl (C=O) groups is 4. The van der Waals surface area contributed by atoms with Crippen LogP contribution in [0.3, 0.4) is 0 Å². The molecule has 5 N–H and O–H groups in total. The van der Waals surface area contributed by atoms with Crippen LogP contribution in [-0.2, 0) is 14.3 Å². The van der Waals surface area contributed by atoms with Crippen molar-refractivity contribution >= 4 is 50.9 Å². The number of hydrogen-bond donors (Lipinski definition) is 5. The molecule has 3 saturated heterocycles. The number of benzene rings is 4. The Kier molecular flexibility index (Phi) is 24.6. The van der Waals surface area contributed by atoms with E-state index in [0.717, 1.165) is 128 Å². The predicted octanol–water partition coefficient (Wildman–Crippen LogP) is 17.0. The number of ether oxygens (including phenoxy) is 2. The van der Waals surface area contributed by atoms with E-state index in [1.807, 2.05) is 76.2 Å². The molecule has 0 radical (unpaired) electrons. The molecule has 86 heavy (non-hydrogen) atoms. The van der Waals surface area contributed by atoms with Crippen molar-refractivity contribution in [2.75, 3.05) is 26.7 Å². The first-order chi connectivity index (χ1) is 40.7. The first kappa shape index (κ1) is 67.7. The number of aromatic nitrogens is 6. The molecule has 0 bridgehead atoms. The number of H-pyrrole nitrogens is 3. The minimum absolute atomic E-state index is 0.0518. The molecule has 10 rings (SSSR count). The number of methoxy groups -OCH3 is 1. The van der Waals surface area contributed by atoms with Gasteiger partial charge in [0.15, 0.2) is 0 Å². The van der Waals surface area contributed by atoms with Crippen LogP contribution in [0.5, 0.6) is 0 Å². The summed E-state index contributed by atoms with van der Waals surface area (Å²) >= 11 is 3.44. The Hall–Kier alpha value is -7.47. The second-order valence-electron chi connectivity index (χ2n) is 25.6. The van der Waals surface area contributed by atoms with Crippen LogP contribution in [0.2, 0.25) is 0 Å². The molecule has 3 aliphatic heterocycles. The molecule has 6 heterocycles. The van der Waals surface area contributed by atoms with Gasteiger partial charge < -0.3 is 39.7 Å². The topological polar surface area (TPSA) is 215 Å². The smallest absolute Gasteiger partial charge is 0.410 e. The lowest BCUT2D eigenvalue weighted by atomic mass is 9.98. The highest BCUT2D eigenvalue weighted by molar-refractivity contribution is 9.10. The van der Waals surface area contributed by atoms with Crippen LogP contribution in [0, 0.1) is 23.7 Å². The van der Waals surface area contributed by atoms with Gasteiger partial charge in [-0.25, -0.2) is 29.3 Å². The fourth-order valence-electron chi connectivity index (χ4n) is 10.1. The number of carbonyl (C=O) groups excluding carboxylic acids is 3. The number of amides is 4. The van der Waals surface area contributed by atoms with Gasteiger partial charge in [-0.05, 0) is 140 Å². The number of halogens is 1. The molecule has 17 nitrogen and oxygen atoms in total. The average Bonchev–Trinajstić information content (AvgIpc) is 4.47. The van der Waals surface area contributed by atoms with Crippen LogP contribution in [-0.4, -0.2) is 112 Å². The van der Waals surface area contributed by atoms with E-state index in [1.165, 1.54) is 12.0 Å². The fourth-order valence-corrected chi connectivity index (χ4v) is 10.3. The monoisotopic (exact) mass is 1240 g/mol. The standard InChI is InChI=1S/C38H41N7O5.C18H22BrN3O2.3C4H10/c1-22(2)33(43-37(47)50-3)36(46)44-16-4-6-31(44)34-40-21-30(42-34)28-15-14-26-18-25(12-13-27(26)19-28)23-8-10-24(11-9-23)29-20-39-35(41-29)32-7-5-17-45(32)38(48)49;1-18(2,3)24-17(23)22-10-4-5-15(22)16-20-11-14(21-16)12-6-8-13(19)9-7-12;3*1-4(2)3/h8-15,18-22,31-33H,4-7,16-17H2,1-3H3,(H,39,41)(H,40,42)(H,43,47)(H,48,49);6-9,11,15H,4-5,10H2,1-3H3,(H,20,21);3*4H,1-3H3. The minimum Gasteiger partial charge on any atom is -0.465 e. The fraction of sp³-hybridized carbons (Fsp3) is 0.485. The molecular weight excluding hydrogens is 1150 g/mol. The van der Waals surface area contributed by atoms with Gasteiger partial charge in [0.2, 0.25) is 5.91 Å². The van der Waals surface area contributed by atoms with Crippen molar-refractivity contribution in [1.82, 2.24) is 49.9 Å². The molecule has 3 aliphatic rings. The lowest BCUT2D eigenvalue weighted by Gasteiger charge is -2.30. The number of rotatable bonds is 10. The van der Waals surface area contributed by atoms with Gasteiger partial charge in [-0.3, -0.25) is 14.6 Å². The number of alkyl carbamates (subject to hydrolysis) is 1. The van der Waals surface area contributed by atoms with Crippen molar-refractivity contribution in [2.45, 2.75) is 165 Å². The van der Waals surface area contributed by atoms with Crippen LogP contribution >= 0.6 is 15.9 Å². The first-order valence-electron chi connectivity index (χ1n) is 30.4. The Morgan fingerprint density at radius 3 is 1.37 bits per heavy atom. The third kappa shape index (κ3) is 19.3. The minimum atomic E-state index is -0.911. The molecule has 4 amide bonds. The maximum absolute atomic E-state index is 13.5. The van der Waals surface area contributed by atoms with E-state index in [0.29, 0.717) is 25.5 Å². The summed E-state index contributed by atoms with van der Waals surface area (Å²) in [5, 5.41) is 14.4. The first-order valence-corrected chi connectivity index (χ1v) is 31.2. The molecule has 3 aromatic heterocycles. The number of imidazole rings is 3. The maximum atomic E-state index is 13.5. The van der Waals surface area contributed by atoms with E-state index in [2.05, 4.69) is 174 Å². The Labute approximate surface area is 518 Å². The summed E-state index contributed by atoms with van der Waals surface area (Å²) in [4.78, 5) is 78.4. The van der Waals surface area contributed by atoms with E-state index in [1.54, 1.807) is 11.1 Å². The Morgan fingerprint density at radius 1 is 0.558 bits per heavy atom. The number of nitrogens with one attached hydrogen (secondary N) is 4. The quantitative estimate of drug-likeness (QED) is 0.0873. The van der Waals surface area contributed by atoms with Crippen molar-refractivity contribution in [3.8, 4) is 44.9 Å². The molecule has 4 aromatic carbocycles. The Bertz CT molecular complexity index is 3260. The van der Waals surface area contributed by atoms with Crippen LogP contribution in [0.4, 0.5) is 14.4 Å². The number of aromatic amines is 3. The van der Waals surface area contributed by atoms with E-state index in [-0.39, 0.29) is 36.0 Å². The number of fused-ring (bicyclic) bond motifs is 1. The highest BCUT2D eigenvalue weighted by atomic mass is 79.9. The number of carboxylic acid groups (broad SMARTS) is 1. The number of likely N-dealkylation sites (tertiary alicyclic amines) is 3. The van der Waals surface area contributed by atoms with Crippen LogP contribution < -0.4 is 5.32 Å². The molecule has 18 heteroatoms. The van der Waals surface area contributed by atoms with Crippen molar-refractivity contribution < 1.29 is 33.8 Å². The Morgan fingerprint density at radius 2 is 0.930 bits per heavy atom. The summed E-state index contributed by atoms with van der Waals surface area (Å²) in [6.45, 7) is 30.8. The molecule has 3 fully saturated rings. The Balaban J connectivity index is 0.000000271. The third-order valence-electron chi connectivity index (χ3n) is 13.9. The average molecular weight is 1240 g/mol. The van der Waals surface area contributed by atoms with E-state index in [4.69, 9.17) is 9.47 Å². The van der Waals surface area contributed by atoms with E-state index >= 15 is 0 Å². The highest BCUT2D eigenvalue weighted by Gasteiger charge is 2.38. The lowest BCUT2D eigenvalue weighted by molar-refractivity contribution is -0.135. The third-order valence-corrected chi connectivity index (χ3v) is 14.4. The molecule has 4 atom stereocenters. The van der Waals surface area contributed by atoms with Gasteiger partial charge in [0.05, 0.1) is 60.9 Å². The second-order valence-corrected chi connectivity index (χ2v) is 26.5. The highest BCUT2D eigenvalue weighted by Crippen LogP contribution is 2.37. The SMILES string of the molecule is CC(C)(C)OC(=O)N1CCCC1c1ncc(-c2ccc(Br)cc2)[nH]1.CC(C)C.CC(C)C.CC(C)C.COC(=O)NC(C(=O)N1CCCC1c1ncc(-c2ccc3cc(-c4ccc(-c5cnc(C6CCCN6C(=O)O)[nH]5)cc4)ccc3c2)[nH]1)C(C)C. The van der Waals surface area contributed by atoms with Crippen molar-refractivity contribution in [3.63, 3.8) is 0 Å². The normalized spacial score (nSPS) is 16.8. The summed E-state index contributed by atoms with van der Waals surface area (Å²) in [6, 6.07) is 27.9. The molecule has 0 spiro atoms. The van der Waals surface area contributed by atoms with Crippen LogP contribution in [0.1, 0.15) is 171 Å². The molecule has 0 saturated carbocycles. The summed E-state index contributed by atoms with van der Waals surface area (Å²) < 4.78 is 11.3. The van der Waals surface area contributed by atoms with Gasteiger partial charge in [-0.2, -0.15) is 0 Å². The summed E-state index contributed by atoms with van der Waals surface area (Å²) in [5.74, 6) is 4.50. The van der Waals surface area contributed by atoms with Crippen molar-refractivity contribution in [1.29, 1.82) is 0 Å². The van der Waals surface area contributed by atoms with Crippen molar-refractivity contribution in [3.05, 3.63) is 125 Å². The summed E-state index contributed by atoms with van der Waals surface area (Å²) in [5.41, 5.74) is 7.44. The van der Waals surface area contributed by atoms with Crippen molar-refractivity contribution in [2.24, 2.45) is 23.7 Å². The van der Waals surface area contributed by atoms with E-state index in [9.17, 15) is 24.3 Å². The molecule has 7 aromatic rings. The zero-order valence-electron chi connectivity index (χ0n) is 53.3. The molecular formula is C68H93BrN10O7. The van der Waals surface area contributed by atoms with Gasteiger partial charge in [-0.1, -0.05) is 153 Å². The summed E-state index contributed by atoms with van der Waals surface area (Å²) in [6.07, 6.45) is 8.71. The van der Waals surface area contributed by atoms with Gasteiger partial charge in [0, 0.05) is 29.7 Å². The van der Waals surface area contributed by atoms with Gasteiger partial charge in [0.1, 0.15) is 29.1 Å². The van der Waals surface area contributed by atoms with Gasteiger partial charge >= 0.3 is 18.3 Å². The maximum Gasteiger partial charge on any atom is 0.410 e. The zero-order chi connectivity index (χ0) is 63.0. The molecule has 464 valence electrons. The van der Waals surface area contributed by atoms with Gasteiger partial charge in [0.25, 0.3) is 0 Å². The molecule has 0 aliphatic carbocycles. The number of nitrogens with zero attached hydrogens (tertiary/aromatic N) is 6. The summed E-state index contributed by atoms with van der Waals surface area (Å²) in [7, 11) is 1.29. The lowest BCUT2D eigenvalue weighted by Crippen LogP contribution is -2.51. The largest absolute Gasteiger partial charge is 0.465 e. The van der Waals surface area contributed by atoms with Crippen LogP contribution in [0.15, 0.2) is 108 Å². The predicted molar refractivity (Wildman–Crippen MR) is 347 cm³/mol. The molecule has 4 unspecified atom stereocenters.